The first-order valence-corrected chi connectivity index (χ1v) is 8.49. The van der Waals surface area contributed by atoms with Crippen molar-refractivity contribution in [1.82, 2.24) is 0 Å². The first kappa shape index (κ1) is 18.3. The molecule has 2 rings (SSSR count). The third kappa shape index (κ3) is 4.08. The van der Waals surface area contributed by atoms with Crippen LogP contribution in [0.3, 0.4) is 0 Å². The molecule has 24 heavy (non-hydrogen) atoms. The molecule has 0 heterocycles. The molecule has 1 saturated carbocycles. The molecular formula is C19H27NO4. The minimum Gasteiger partial charge on any atom is -0.481 e. The van der Waals surface area contributed by atoms with E-state index in [1.54, 1.807) is 26.8 Å². The van der Waals surface area contributed by atoms with E-state index in [9.17, 15) is 14.7 Å². The van der Waals surface area contributed by atoms with E-state index in [1.165, 1.54) is 0 Å². The lowest BCUT2D eigenvalue weighted by atomic mass is 9.69. The molecule has 0 spiro atoms. The lowest BCUT2D eigenvalue weighted by Crippen LogP contribution is -2.38. The van der Waals surface area contributed by atoms with Crippen LogP contribution in [0.5, 0.6) is 0 Å². The van der Waals surface area contributed by atoms with E-state index in [1.807, 2.05) is 19.1 Å². The van der Waals surface area contributed by atoms with Gasteiger partial charge in [0.25, 0.3) is 0 Å². The number of amides is 1. The third-order valence-electron chi connectivity index (χ3n) is 4.54. The van der Waals surface area contributed by atoms with Crippen LogP contribution in [0.2, 0.25) is 0 Å². The summed E-state index contributed by atoms with van der Waals surface area (Å²) in [6, 6.07) is 5.52. The summed E-state index contributed by atoms with van der Waals surface area (Å²) in [6.07, 6.45) is 3.64. The molecule has 0 radical (unpaired) electrons. The lowest BCUT2D eigenvalue weighted by molar-refractivity contribution is -0.145. The van der Waals surface area contributed by atoms with Crippen molar-refractivity contribution in [3.05, 3.63) is 29.3 Å². The van der Waals surface area contributed by atoms with Gasteiger partial charge in [-0.15, -0.1) is 0 Å². The molecular weight excluding hydrogens is 306 g/mol. The smallest absolute Gasteiger partial charge is 0.412 e. The highest BCUT2D eigenvalue weighted by Crippen LogP contribution is 2.41. The molecule has 5 heteroatoms. The van der Waals surface area contributed by atoms with Crippen molar-refractivity contribution in [3.63, 3.8) is 0 Å². The zero-order chi connectivity index (χ0) is 18.0. The number of hydrogen-bond acceptors (Lipinski definition) is 3. The van der Waals surface area contributed by atoms with Crippen LogP contribution in [-0.2, 0) is 14.9 Å². The van der Waals surface area contributed by atoms with Gasteiger partial charge in [0, 0.05) is 5.69 Å². The Morgan fingerprint density at radius 3 is 2.33 bits per heavy atom. The maximum atomic E-state index is 12.0. The number of aliphatic carboxylic acids is 1. The van der Waals surface area contributed by atoms with Crippen LogP contribution >= 0.6 is 0 Å². The monoisotopic (exact) mass is 333 g/mol. The van der Waals surface area contributed by atoms with E-state index in [0.29, 0.717) is 18.5 Å². The average molecular weight is 333 g/mol. The molecule has 132 valence electrons. The molecule has 1 amide bonds. The van der Waals surface area contributed by atoms with Gasteiger partial charge in [-0.05, 0) is 57.7 Å². The summed E-state index contributed by atoms with van der Waals surface area (Å²) >= 11 is 0. The normalized spacial score (nSPS) is 17.2. The molecule has 1 fully saturated rings. The number of carbonyl (C=O) groups is 2. The van der Waals surface area contributed by atoms with Crippen LogP contribution in [-0.4, -0.2) is 22.8 Å². The van der Waals surface area contributed by atoms with Crippen LogP contribution in [0.25, 0.3) is 0 Å². The van der Waals surface area contributed by atoms with Gasteiger partial charge in [0.2, 0.25) is 0 Å². The van der Waals surface area contributed by atoms with Gasteiger partial charge in [0.15, 0.2) is 0 Å². The number of carbonyl (C=O) groups excluding carboxylic acids is 1. The summed E-state index contributed by atoms with van der Waals surface area (Å²) in [4.78, 5) is 24.0. The summed E-state index contributed by atoms with van der Waals surface area (Å²) in [6.45, 7) is 7.29. The first-order chi connectivity index (χ1) is 11.1. The molecule has 1 aromatic rings. The molecule has 2 N–H and O–H groups in total. The zero-order valence-corrected chi connectivity index (χ0v) is 14.9. The number of rotatable bonds is 3. The molecule has 1 aliphatic carbocycles. The van der Waals surface area contributed by atoms with Crippen molar-refractivity contribution in [2.24, 2.45) is 0 Å². The maximum absolute atomic E-state index is 12.0. The van der Waals surface area contributed by atoms with E-state index in [4.69, 9.17) is 4.74 Å². The molecule has 0 saturated heterocycles. The van der Waals surface area contributed by atoms with Crippen LogP contribution in [0.4, 0.5) is 10.5 Å². The summed E-state index contributed by atoms with van der Waals surface area (Å²) < 4.78 is 5.29. The molecule has 0 bridgehead atoms. The Balaban J connectivity index is 2.30. The topological polar surface area (TPSA) is 75.6 Å². The summed E-state index contributed by atoms with van der Waals surface area (Å²) in [5, 5.41) is 12.6. The van der Waals surface area contributed by atoms with Gasteiger partial charge < -0.3 is 9.84 Å². The highest BCUT2D eigenvalue weighted by atomic mass is 16.6. The van der Waals surface area contributed by atoms with Crippen molar-refractivity contribution < 1.29 is 19.4 Å². The predicted octanol–water partition coefficient (Wildman–Crippen LogP) is 4.63. The van der Waals surface area contributed by atoms with Crippen molar-refractivity contribution in [2.45, 2.75) is 70.8 Å². The van der Waals surface area contributed by atoms with Crippen molar-refractivity contribution in [3.8, 4) is 0 Å². The summed E-state index contributed by atoms with van der Waals surface area (Å²) in [5.74, 6) is -0.783. The number of carboxylic acids is 1. The Morgan fingerprint density at radius 2 is 1.79 bits per heavy atom. The van der Waals surface area contributed by atoms with Gasteiger partial charge in [0.05, 0.1) is 5.41 Å². The second-order valence-corrected chi connectivity index (χ2v) is 7.60. The molecule has 0 unspecified atom stereocenters. The standard InChI is InChI=1S/C19H27NO4/c1-13-8-9-14(19(16(21)22)10-6-5-7-11-19)12-15(13)20-17(23)24-18(2,3)4/h8-9,12H,5-7,10-11H2,1-4H3,(H,20,23)(H,21,22). The summed E-state index contributed by atoms with van der Waals surface area (Å²) in [7, 11) is 0. The van der Waals surface area contributed by atoms with E-state index in [2.05, 4.69) is 5.32 Å². The van der Waals surface area contributed by atoms with E-state index in [-0.39, 0.29) is 0 Å². The van der Waals surface area contributed by atoms with Gasteiger partial charge in [0.1, 0.15) is 5.60 Å². The highest BCUT2D eigenvalue weighted by Gasteiger charge is 2.41. The van der Waals surface area contributed by atoms with Crippen LogP contribution in [0, 0.1) is 6.92 Å². The molecule has 1 aromatic carbocycles. The van der Waals surface area contributed by atoms with Gasteiger partial charge in [-0.25, -0.2) is 4.79 Å². The molecule has 1 aliphatic rings. The zero-order valence-electron chi connectivity index (χ0n) is 14.9. The fraction of sp³-hybridized carbons (Fsp3) is 0.579. The van der Waals surface area contributed by atoms with Crippen molar-refractivity contribution in [1.29, 1.82) is 0 Å². The van der Waals surface area contributed by atoms with Crippen molar-refractivity contribution in [2.75, 3.05) is 5.32 Å². The second kappa shape index (κ2) is 6.83. The Bertz CT molecular complexity index is 625. The summed E-state index contributed by atoms with van der Waals surface area (Å²) in [5.41, 5.74) is 0.803. The molecule has 0 aliphatic heterocycles. The number of aryl methyl sites for hydroxylation is 1. The number of carboxylic acid groups (broad SMARTS) is 1. The minimum atomic E-state index is -0.851. The lowest BCUT2D eigenvalue weighted by Gasteiger charge is -2.34. The minimum absolute atomic E-state index is 0.532. The molecule has 0 aromatic heterocycles. The Kier molecular flexibility index (Phi) is 5.21. The Hall–Kier alpha value is -2.04. The number of nitrogens with one attached hydrogen (secondary N) is 1. The quantitative estimate of drug-likeness (QED) is 0.845. The number of hydrogen-bond donors (Lipinski definition) is 2. The number of benzene rings is 1. The maximum Gasteiger partial charge on any atom is 0.412 e. The fourth-order valence-corrected chi connectivity index (χ4v) is 3.25. The molecule has 5 nitrogen and oxygen atoms in total. The first-order valence-electron chi connectivity index (χ1n) is 8.49. The fourth-order valence-electron chi connectivity index (χ4n) is 3.25. The van der Waals surface area contributed by atoms with Crippen LogP contribution in [0.1, 0.15) is 64.0 Å². The SMILES string of the molecule is Cc1ccc(C2(C(=O)O)CCCCC2)cc1NC(=O)OC(C)(C)C. The third-order valence-corrected chi connectivity index (χ3v) is 4.54. The second-order valence-electron chi connectivity index (χ2n) is 7.60. The molecule has 0 atom stereocenters. The number of ether oxygens (including phenoxy) is 1. The van der Waals surface area contributed by atoms with E-state index in [0.717, 1.165) is 30.4 Å². The van der Waals surface area contributed by atoms with Crippen LogP contribution < -0.4 is 5.32 Å². The van der Waals surface area contributed by atoms with Gasteiger partial charge in [-0.3, -0.25) is 10.1 Å². The largest absolute Gasteiger partial charge is 0.481 e. The van der Waals surface area contributed by atoms with E-state index >= 15 is 0 Å². The van der Waals surface area contributed by atoms with E-state index < -0.39 is 23.1 Å². The van der Waals surface area contributed by atoms with Gasteiger partial charge in [-0.1, -0.05) is 31.4 Å². The Morgan fingerprint density at radius 1 is 1.17 bits per heavy atom. The van der Waals surface area contributed by atoms with Crippen molar-refractivity contribution >= 4 is 17.7 Å². The Labute approximate surface area is 143 Å². The van der Waals surface area contributed by atoms with Crippen LogP contribution in [0.15, 0.2) is 18.2 Å². The van der Waals surface area contributed by atoms with Gasteiger partial charge >= 0.3 is 12.1 Å². The van der Waals surface area contributed by atoms with Gasteiger partial charge in [-0.2, -0.15) is 0 Å². The average Bonchev–Trinajstić information content (AvgIpc) is 2.48. The highest BCUT2D eigenvalue weighted by molar-refractivity contribution is 5.87. The number of anilines is 1. The predicted molar refractivity (Wildman–Crippen MR) is 93.4 cm³/mol.